The lowest BCUT2D eigenvalue weighted by Gasteiger charge is -2.38. The number of alkyl halides is 1. The standard InChI is InChI=1S/C28H34FN5O3S/c1-18(2)20-8-7-19(9-12-27(3,4)38(6,36)37)22-16-31-25(15-21(20)22)32-24-10-13-30-26(33-24)34-14-11-23(35)28(5,29)17-34/h7-8,10,13,15-16,18,23,35H,11,14,17H2,1-6H3,(H,30,31,32,33)/t23-,28+/m1/s1. The van der Waals surface area contributed by atoms with Gasteiger partial charge in [0.15, 0.2) is 15.5 Å². The summed E-state index contributed by atoms with van der Waals surface area (Å²) in [4.78, 5) is 15.1. The largest absolute Gasteiger partial charge is 0.390 e. The minimum Gasteiger partial charge on any atom is -0.390 e. The Kier molecular flexibility index (Phi) is 7.38. The first kappa shape index (κ1) is 27.7. The maximum Gasteiger partial charge on any atom is 0.227 e. The number of anilines is 3. The van der Waals surface area contributed by atoms with Crippen molar-refractivity contribution in [1.82, 2.24) is 15.0 Å². The zero-order valence-electron chi connectivity index (χ0n) is 22.6. The summed E-state index contributed by atoms with van der Waals surface area (Å²) in [5.74, 6) is 7.65. The van der Waals surface area contributed by atoms with Crippen LogP contribution in [0.1, 0.15) is 58.1 Å². The Morgan fingerprint density at radius 3 is 2.61 bits per heavy atom. The second-order valence-corrected chi connectivity index (χ2v) is 13.4. The predicted octanol–water partition coefficient (Wildman–Crippen LogP) is 4.37. The molecule has 1 aliphatic heterocycles. The zero-order chi connectivity index (χ0) is 27.9. The van der Waals surface area contributed by atoms with E-state index in [-0.39, 0.29) is 12.5 Å². The van der Waals surface area contributed by atoms with Crippen molar-refractivity contribution in [3.05, 3.63) is 47.8 Å². The van der Waals surface area contributed by atoms with Gasteiger partial charge in [-0.15, -0.1) is 0 Å². The summed E-state index contributed by atoms with van der Waals surface area (Å²) < 4.78 is 37.7. The molecule has 0 radical (unpaired) electrons. The van der Waals surface area contributed by atoms with Crippen LogP contribution in [0.3, 0.4) is 0 Å². The lowest BCUT2D eigenvalue weighted by molar-refractivity contribution is -0.00860. The zero-order valence-corrected chi connectivity index (χ0v) is 23.4. The van der Waals surface area contributed by atoms with Crippen LogP contribution in [0.4, 0.5) is 22.0 Å². The summed E-state index contributed by atoms with van der Waals surface area (Å²) in [5.41, 5.74) is 0.0666. The Labute approximate surface area is 223 Å². The number of piperidine rings is 1. The summed E-state index contributed by atoms with van der Waals surface area (Å²) in [7, 11) is -3.36. The van der Waals surface area contributed by atoms with E-state index >= 15 is 0 Å². The number of fused-ring (bicyclic) bond motifs is 1. The number of aromatic nitrogens is 3. The number of nitrogens with one attached hydrogen (secondary N) is 1. The van der Waals surface area contributed by atoms with E-state index < -0.39 is 26.4 Å². The molecule has 3 aromatic rings. The van der Waals surface area contributed by atoms with Gasteiger partial charge in [-0.2, -0.15) is 4.98 Å². The minimum absolute atomic E-state index is 0.00352. The number of sulfone groups is 1. The van der Waals surface area contributed by atoms with Crippen LogP contribution in [0, 0.1) is 11.8 Å². The highest BCUT2D eigenvalue weighted by atomic mass is 32.2. The molecule has 3 heterocycles. The van der Waals surface area contributed by atoms with Crippen molar-refractivity contribution in [2.45, 2.75) is 63.5 Å². The van der Waals surface area contributed by atoms with Crippen LogP contribution in [0.15, 0.2) is 36.7 Å². The van der Waals surface area contributed by atoms with E-state index in [0.29, 0.717) is 36.1 Å². The fourth-order valence-corrected chi connectivity index (χ4v) is 4.50. The molecule has 0 spiro atoms. The Hall–Kier alpha value is -3.29. The summed E-state index contributed by atoms with van der Waals surface area (Å²) in [6, 6.07) is 7.55. The summed E-state index contributed by atoms with van der Waals surface area (Å²) in [6.07, 6.45) is 3.80. The number of nitrogens with zero attached hydrogens (tertiary/aromatic N) is 4. The molecular formula is C28H34FN5O3S. The van der Waals surface area contributed by atoms with Crippen molar-refractivity contribution in [3.63, 3.8) is 0 Å². The number of hydrogen-bond donors (Lipinski definition) is 2. The lowest BCUT2D eigenvalue weighted by Crippen LogP contribution is -2.52. The summed E-state index contributed by atoms with van der Waals surface area (Å²) in [5, 5.41) is 14.9. The van der Waals surface area contributed by atoms with Gasteiger partial charge in [-0.05, 0) is 62.3 Å². The first-order valence-electron chi connectivity index (χ1n) is 12.6. The molecule has 8 nitrogen and oxygen atoms in total. The molecule has 1 aliphatic rings. The number of aliphatic hydroxyl groups is 1. The highest BCUT2D eigenvalue weighted by Crippen LogP contribution is 2.31. The number of aliphatic hydroxyl groups excluding tert-OH is 1. The van der Waals surface area contributed by atoms with Gasteiger partial charge in [0.25, 0.3) is 0 Å². The van der Waals surface area contributed by atoms with Crippen LogP contribution >= 0.6 is 0 Å². The molecule has 2 aromatic heterocycles. The molecule has 1 fully saturated rings. The van der Waals surface area contributed by atoms with E-state index in [1.807, 2.05) is 18.2 Å². The summed E-state index contributed by atoms with van der Waals surface area (Å²) >= 11 is 0. The van der Waals surface area contributed by atoms with Gasteiger partial charge in [-0.25, -0.2) is 22.8 Å². The summed E-state index contributed by atoms with van der Waals surface area (Å²) in [6.45, 7) is 9.24. The third-order valence-electron chi connectivity index (χ3n) is 7.03. The second-order valence-electron chi connectivity index (χ2n) is 10.9. The SMILES string of the molecule is CC(C)c1ccc(C#CC(C)(C)S(C)(=O)=O)c2cnc(Nc3ccnc(N4CC[C@@H](O)[C@@](C)(F)C4)n3)cc12. The highest BCUT2D eigenvalue weighted by Gasteiger charge is 2.39. The van der Waals surface area contributed by atoms with E-state index in [1.54, 1.807) is 37.2 Å². The highest BCUT2D eigenvalue weighted by molar-refractivity contribution is 7.92. The van der Waals surface area contributed by atoms with Crippen LogP contribution in [0.5, 0.6) is 0 Å². The van der Waals surface area contributed by atoms with E-state index in [9.17, 15) is 17.9 Å². The molecule has 4 rings (SSSR count). The number of halogens is 1. The maximum atomic E-state index is 14.7. The molecule has 0 unspecified atom stereocenters. The van der Waals surface area contributed by atoms with Crippen LogP contribution in [0.2, 0.25) is 0 Å². The molecule has 202 valence electrons. The Bertz CT molecular complexity index is 1530. The Balaban J connectivity index is 1.67. The second kappa shape index (κ2) is 10.1. The van der Waals surface area contributed by atoms with Crippen LogP contribution in [-0.4, -0.2) is 64.3 Å². The topological polar surface area (TPSA) is 108 Å². The van der Waals surface area contributed by atoms with Crippen molar-refractivity contribution in [2.75, 3.05) is 29.6 Å². The fraction of sp³-hybridized carbons (Fsp3) is 0.464. The molecule has 0 saturated carbocycles. The fourth-order valence-electron chi connectivity index (χ4n) is 4.26. The van der Waals surface area contributed by atoms with Gasteiger partial charge in [-0.3, -0.25) is 0 Å². The Morgan fingerprint density at radius 1 is 1.21 bits per heavy atom. The van der Waals surface area contributed by atoms with Gasteiger partial charge in [0.2, 0.25) is 5.95 Å². The van der Waals surface area contributed by atoms with Crippen molar-refractivity contribution in [2.24, 2.45) is 0 Å². The molecule has 0 bridgehead atoms. The molecule has 0 aliphatic carbocycles. The van der Waals surface area contributed by atoms with Gasteiger partial charge in [0.05, 0.1) is 12.6 Å². The van der Waals surface area contributed by atoms with Crippen molar-refractivity contribution in [3.8, 4) is 11.8 Å². The predicted molar refractivity (Wildman–Crippen MR) is 149 cm³/mol. The molecular weight excluding hydrogens is 505 g/mol. The number of rotatable bonds is 5. The minimum atomic E-state index is -3.36. The molecule has 0 amide bonds. The van der Waals surface area contributed by atoms with Gasteiger partial charge < -0.3 is 15.3 Å². The number of hydrogen-bond acceptors (Lipinski definition) is 8. The van der Waals surface area contributed by atoms with E-state index in [4.69, 9.17) is 0 Å². The van der Waals surface area contributed by atoms with Crippen molar-refractivity contribution >= 4 is 38.2 Å². The number of pyridine rings is 1. The molecule has 2 N–H and O–H groups in total. The Morgan fingerprint density at radius 2 is 1.95 bits per heavy atom. The quantitative estimate of drug-likeness (QED) is 0.461. The smallest absolute Gasteiger partial charge is 0.227 e. The maximum absolute atomic E-state index is 14.7. The molecule has 1 aromatic carbocycles. The van der Waals surface area contributed by atoms with Crippen molar-refractivity contribution < 1.29 is 17.9 Å². The molecule has 1 saturated heterocycles. The molecule has 10 heteroatoms. The number of benzene rings is 1. The monoisotopic (exact) mass is 539 g/mol. The van der Waals surface area contributed by atoms with Crippen molar-refractivity contribution in [1.29, 1.82) is 0 Å². The van der Waals surface area contributed by atoms with Crippen LogP contribution in [-0.2, 0) is 9.84 Å². The third-order valence-corrected chi connectivity index (χ3v) is 8.99. The van der Waals surface area contributed by atoms with Gasteiger partial charge in [-0.1, -0.05) is 31.8 Å². The van der Waals surface area contributed by atoms with E-state index in [1.165, 1.54) is 13.2 Å². The average molecular weight is 540 g/mol. The van der Waals surface area contributed by atoms with E-state index in [2.05, 4.69) is 46.0 Å². The van der Waals surface area contributed by atoms with Gasteiger partial charge in [0.1, 0.15) is 16.4 Å². The average Bonchev–Trinajstić information content (AvgIpc) is 2.83. The van der Waals surface area contributed by atoms with Gasteiger partial charge >= 0.3 is 0 Å². The van der Waals surface area contributed by atoms with Gasteiger partial charge in [0, 0.05) is 36.1 Å². The molecule has 38 heavy (non-hydrogen) atoms. The first-order chi connectivity index (χ1) is 17.7. The molecule has 2 atom stereocenters. The normalized spacial score (nSPS) is 20.3. The van der Waals surface area contributed by atoms with E-state index in [0.717, 1.165) is 16.3 Å². The lowest BCUT2D eigenvalue weighted by atomic mass is 9.94. The third kappa shape index (κ3) is 5.74. The van der Waals surface area contributed by atoms with Crippen LogP contribution < -0.4 is 10.2 Å². The van der Waals surface area contributed by atoms with Crippen LogP contribution in [0.25, 0.3) is 10.8 Å². The first-order valence-corrected chi connectivity index (χ1v) is 14.4.